The summed E-state index contributed by atoms with van der Waals surface area (Å²) >= 11 is 0. The number of ether oxygens (including phenoxy) is 1. The second-order valence-corrected chi connectivity index (χ2v) is 4.19. The van der Waals surface area contributed by atoms with Gasteiger partial charge in [0.25, 0.3) is 0 Å². The lowest BCUT2D eigenvalue weighted by Gasteiger charge is -2.31. The molecule has 2 aliphatic rings. The number of rotatable bonds is 5. The molecule has 2 nitrogen and oxygen atoms in total. The van der Waals surface area contributed by atoms with Crippen molar-refractivity contribution in [1.82, 2.24) is 5.32 Å². The van der Waals surface area contributed by atoms with Crippen molar-refractivity contribution in [3.05, 3.63) is 0 Å². The molecule has 2 heteroatoms. The van der Waals surface area contributed by atoms with Crippen molar-refractivity contribution in [2.75, 3.05) is 13.7 Å². The van der Waals surface area contributed by atoms with Crippen LogP contribution in [0.4, 0.5) is 0 Å². The molecule has 1 atom stereocenters. The van der Waals surface area contributed by atoms with Crippen LogP contribution in [-0.4, -0.2) is 25.8 Å². The molecule has 1 unspecified atom stereocenters. The molecular formula is C10H19NO. The lowest BCUT2D eigenvalue weighted by atomic mass is 9.92. The Morgan fingerprint density at radius 3 is 2.50 bits per heavy atom. The van der Waals surface area contributed by atoms with E-state index in [1.54, 1.807) is 7.11 Å². The van der Waals surface area contributed by atoms with Crippen LogP contribution in [0.25, 0.3) is 0 Å². The first-order valence-corrected chi connectivity index (χ1v) is 5.15. The maximum absolute atomic E-state index is 5.21. The molecule has 0 radical (unpaired) electrons. The fourth-order valence-corrected chi connectivity index (χ4v) is 1.88. The van der Waals surface area contributed by atoms with Crippen LogP contribution in [0.2, 0.25) is 0 Å². The molecule has 70 valence electrons. The lowest BCUT2D eigenvalue weighted by Crippen LogP contribution is -2.45. The van der Waals surface area contributed by atoms with Crippen LogP contribution in [0, 0.1) is 5.92 Å². The Kier molecular flexibility index (Phi) is 2.66. The predicted molar refractivity (Wildman–Crippen MR) is 49.2 cm³/mol. The largest absolute Gasteiger partial charge is 0.383 e. The van der Waals surface area contributed by atoms with Crippen molar-refractivity contribution in [3.8, 4) is 0 Å². The average Bonchev–Trinajstić information content (AvgIpc) is 2.76. The van der Waals surface area contributed by atoms with Crippen LogP contribution in [0.1, 0.15) is 32.1 Å². The summed E-state index contributed by atoms with van der Waals surface area (Å²) < 4.78 is 5.21. The fourth-order valence-electron chi connectivity index (χ4n) is 1.88. The Morgan fingerprint density at radius 1 is 1.33 bits per heavy atom. The van der Waals surface area contributed by atoms with Crippen LogP contribution in [0.15, 0.2) is 0 Å². The van der Waals surface area contributed by atoms with Crippen LogP contribution >= 0.6 is 0 Å². The highest BCUT2D eigenvalue weighted by Crippen LogP contribution is 2.34. The van der Waals surface area contributed by atoms with Gasteiger partial charge in [0.05, 0.1) is 6.61 Å². The summed E-state index contributed by atoms with van der Waals surface area (Å²) in [4.78, 5) is 0. The van der Waals surface area contributed by atoms with Gasteiger partial charge in [-0.1, -0.05) is 6.42 Å². The van der Waals surface area contributed by atoms with E-state index in [0.29, 0.717) is 6.04 Å². The highest BCUT2D eigenvalue weighted by atomic mass is 16.5. The highest BCUT2D eigenvalue weighted by Gasteiger charge is 2.33. The van der Waals surface area contributed by atoms with Crippen molar-refractivity contribution in [3.63, 3.8) is 0 Å². The summed E-state index contributed by atoms with van der Waals surface area (Å²) in [6.45, 7) is 0.904. The molecule has 1 N–H and O–H groups in total. The van der Waals surface area contributed by atoms with Gasteiger partial charge in [-0.05, 0) is 31.6 Å². The minimum absolute atomic E-state index is 0.653. The molecule has 0 spiro atoms. The second kappa shape index (κ2) is 3.75. The second-order valence-electron chi connectivity index (χ2n) is 4.19. The average molecular weight is 169 g/mol. The Bertz CT molecular complexity index is 141. The molecule has 0 amide bonds. The molecule has 12 heavy (non-hydrogen) atoms. The predicted octanol–water partition coefficient (Wildman–Crippen LogP) is 1.55. The monoisotopic (exact) mass is 169 g/mol. The Labute approximate surface area is 74.7 Å². The number of methoxy groups -OCH3 is 1. The summed E-state index contributed by atoms with van der Waals surface area (Å²) in [5, 5.41) is 3.69. The van der Waals surface area contributed by atoms with Gasteiger partial charge in [0.1, 0.15) is 0 Å². The van der Waals surface area contributed by atoms with Crippen molar-refractivity contribution in [2.24, 2.45) is 5.92 Å². The minimum Gasteiger partial charge on any atom is -0.383 e. The van der Waals surface area contributed by atoms with Crippen LogP contribution in [0.5, 0.6) is 0 Å². The summed E-state index contributed by atoms with van der Waals surface area (Å²) in [5.41, 5.74) is 0. The van der Waals surface area contributed by atoms with Crippen LogP contribution in [-0.2, 0) is 4.74 Å². The lowest BCUT2D eigenvalue weighted by molar-refractivity contribution is 0.141. The first kappa shape index (κ1) is 8.52. The molecule has 0 aromatic heterocycles. The van der Waals surface area contributed by atoms with E-state index < -0.39 is 0 Å². The van der Waals surface area contributed by atoms with E-state index in [9.17, 15) is 0 Å². The molecular weight excluding hydrogens is 150 g/mol. The summed E-state index contributed by atoms with van der Waals surface area (Å²) in [5.74, 6) is 0.922. The van der Waals surface area contributed by atoms with Crippen LogP contribution in [0.3, 0.4) is 0 Å². The molecule has 0 aliphatic heterocycles. The van der Waals surface area contributed by atoms with Gasteiger partial charge in [0, 0.05) is 19.2 Å². The molecule has 0 aromatic rings. The number of nitrogens with one attached hydrogen (secondary N) is 1. The zero-order chi connectivity index (χ0) is 8.39. The van der Waals surface area contributed by atoms with E-state index >= 15 is 0 Å². The fraction of sp³-hybridized carbons (Fsp3) is 1.00. The third-order valence-electron chi connectivity index (χ3n) is 3.09. The van der Waals surface area contributed by atoms with Gasteiger partial charge in [-0.2, -0.15) is 0 Å². The molecule has 2 fully saturated rings. The highest BCUT2D eigenvalue weighted by molar-refractivity contribution is 4.90. The maximum Gasteiger partial charge on any atom is 0.0618 e. The summed E-state index contributed by atoms with van der Waals surface area (Å²) in [6.07, 6.45) is 7.00. The maximum atomic E-state index is 5.21. The van der Waals surface area contributed by atoms with Gasteiger partial charge in [-0.3, -0.25) is 0 Å². The molecule has 0 aromatic carbocycles. The van der Waals surface area contributed by atoms with Crippen molar-refractivity contribution < 1.29 is 4.74 Å². The van der Waals surface area contributed by atoms with Gasteiger partial charge in [0.2, 0.25) is 0 Å². The standard InChI is InChI=1S/C10H19NO/c1-12-7-10(8-5-6-8)11-9-3-2-4-9/h8-11H,2-7H2,1H3. The Balaban J connectivity index is 1.71. The third-order valence-corrected chi connectivity index (χ3v) is 3.09. The number of hydrogen-bond acceptors (Lipinski definition) is 2. The van der Waals surface area contributed by atoms with Gasteiger partial charge < -0.3 is 10.1 Å². The molecule has 0 saturated heterocycles. The SMILES string of the molecule is COCC(NC1CCC1)C1CC1. The van der Waals surface area contributed by atoms with Gasteiger partial charge in [0.15, 0.2) is 0 Å². The smallest absolute Gasteiger partial charge is 0.0618 e. The number of hydrogen-bond donors (Lipinski definition) is 1. The zero-order valence-electron chi connectivity index (χ0n) is 7.88. The van der Waals surface area contributed by atoms with Gasteiger partial charge in [-0.15, -0.1) is 0 Å². The van der Waals surface area contributed by atoms with E-state index in [2.05, 4.69) is 5.32 Å². The van der Waals surface area contributed by atoms with E-state index in [1.807, 2.05) is 0 Å². The summed E-state index contributed by atoms with van der Waals surface area (Å²) in [7, 11) is 1.80. The van der Waals surface area contributed by atoms with Gasteiger partial charge in [-0.25, -0.2) is 0 Å². The molecule has 0 bridgehead atoms. The van der Waals surface area contributed by atoms with Crippen LogP contribution < -0.4 is 5.32 Å². The third kappa shape index (κ3) is 1.99. The molecule has 2 saturated carbocycles. The Morgan fingerprint density at radius 2 is 2.08 bits per heavy atom. The van der Waals surface area contributed by atoms with E-state index in [4.69, 9.17) is 4.74 Å². The first-order valence-electron chi connectivity index (χ1n) is 5.15. The molecule has 2 rings (SSSR count). The molecule has 0 heterocycles. The van der Waals surface area contributed by atoms with Gasteiger partial charge >= 0.3 is 0 Å². The van der Waals surface area contributed by atoms with E-state index in [1.165, 1.54) is 32.1 Å². The quantitative estimate of drug-likeness (QED) is 0.674. The van der Waals surface area contributed by atoms with Crippen molar-refractivity contribution in [1.29, 1.82) is 0 Å². The molecule has 2 aliphatic carbocycles. The van der Waals surface area contributed by atoms with E-state index in [-0.39, 0.29) is 0 Å². The summed E-state index contributed by atoms with van der Waals surface area (Å²) in [6, 6.07) is 1.46. The van der Waals surface area contributed by atoms with Crippen molar-refractivity contribution >= 4 is 0 Å². The first-order chi connectivity index (χ1) is 5.90. The Hall–Kier alpha value is -0.0800. The normalized spacial score (nSPS) is 26.8. The van der Waals surface area contributed by atoms with Crippen molar-refractivity contribution in [2.45, 2.75) is 44.2 Å². The minimum atomic E-state index is 0.653. The van der Waals surface area contributed by atoms with E-state index in [0.717, 1.165) is 18.6 Å². The zero-order valence-corrected chi connectivity index (χ0v) is 7.88. The topological polar surface area (TPSA) is 21.3 Å².